The number of benzene rings is 1. The van der Waals surface area contributed by atoms with Crippen molar-refractivity contribution in [2.24, 2.45) is 0 Å². The number of fused-ring (bicyclic) bond motifs is 3. The van der Waals surface area contributed by atoms with E-state index in [-0.39, 0.29) is 35.9 Å². The van der Waals surface area contributed by atoms with Crippen LogP contribution in [0.5, 0.6) is 0 Å². The summed E-state index contributed by atoms with van der Waals surface area (Å²) in [5.74, 6) is -0.492. The number of methoxy groups -OCH3 is 1. The Hall–Kier alpha value is -3.01. The van der Waals surface area contributed by atoms with Crippen LogP contribution in [0.2, 0.25) is 0 Å². The van der Waals surface area contributed by atoms with Gasteiger partial charge < -0.3 is 19.4 Å². The van der Waals surface area contributed by atoms with E-state index < -0.39 is 17.0 Å². The molecule has 3 aliphatic heterocycles. The molecule has 1 aromatic carbocycles. The molecular weight excluding hydrogens is 432 g/mol. The Morgan fingerprint density at radius 2 is 1.94 bits per heavy atom. The zero-order valence-electron chi connectivity index (χ0n) is 18.8. The van der Waals surface area contributed by atoms with Gasteiger partial charge >= 0.3 is 0 Å². The van der Waals surface area contributed by atoms with Crippen LogP contribution >= 0.6 is 0 Å². The summed E-state index contributed by atoms with van der Waals surface area (Å²) in [5.41, 5.74) is 0.0270. The van der Waals surface area contributed by atoms with Crippen molar-refractivity contribution in [1.82, 2.24) is 9.97 Å². The number of nitrogens with one attached hydrogen (secondary N) is 1. The lowest BCUT2D eigenvalue weighted by molar-refractivity contribution is -0.124. The highest BCUT2D eigenvalue weighted by Gasteiger charge is 2.54. The van der Waals surface area contributed by atoms with Gasteiger partial charge in [0.1, 0.15) is 17.5 Å². The molecule has 0 atom stereocenters. The molecule has 1 fully saturated rings. The van der Waals surface area contributed by atoms with Gasteiger partial charge in [0.05, 0.1) is 23.3 Å². The van der Waals surface area contributed by atoms with E-state index in [1.54, 1.807) is 0 Å². The second-order valence-electron chi connectivity index (χ2n) is 9.02. The van der Waals surface area contributed by atoms with Gasteiger partial charge in [0.25, 0.3) is 5.56 Å². The highest BCUT2D eigenvalue weighted by atomic mass is 19.1. The van der Waals surface area contributed by atoms with E-state index >= 15 is 4.39 Å². The first-order valence-electron chi connectivity index (χ1n) is 11.3. The Morgan fingerprint density at radius 3 is 2.67 bits per heavy atom. The summed E-state index contributed by atoms with van der Waals surface area (Å²) >= 11 is 0. The molecule has 176 valence electrons. The van der Waals surface area contributed by atoms with Gasteiger partial charge in [-0.2, -0.15) is 4.98 Å². The predicted molar refractivity (Wildman–Crippen MR) is 120 cm³/mol. The first kappa shape index (κ1) is 21.8. The van der Waals surface area contributed by atoms with Crippen molar-refractivity contribution in [1.29, 1.82) is 0 Å². The minimum atomic E-state index is -1.07. The average Bonchev–Trinajstić information content (AvgIpc) is 3.01. The standard InChI is InChI=1S/C23H27F2N5O3/c1-28-7-3-4-15-19(28)26-22(27-20(15)31)29-8-5-23(6-9-29)18-16(25)12-14(24)13-17(18)30(21(23)32)10-11-33-2/h12-13H,3-11H2,1-2H3,(H,26,27,31). The topological polar surface area (TPSA) is 81.8 Å². The SMILES string of the molecule is COCCN1C(=O)C2(CCN(c3nc4c(c(=O)[nH]3)CCCN4C)CC2)c2c(F)cc(F)cc21. The molecule has 1 aromatic heterocycles. The molecule has 0 unspecified atom stereocenters. The summed E-state index contributed by atoms with van der Waals surface area (Å²) < 4.78 is 34.2. The molecule has 10 heteroatoms. The Bertz CT molecular complexity index is 1160. The third-order valence-electron chi connectivity index (χ3n) is 7.16. The van der Waals surface area contributed by atoms with Crippen LogP contribution in [0.4, 0.5) is 26.2 Å². The molecule has 1 N–H and O–H groups in total. The lowest BCUT2D eigenvalue weighted by Gasteiger charge is -2.39. The molecule has 3 aliphatic rings. The first-order valence-corrected chi connectivity index (χ1v) is 11.3. The Balaban J connectivity index is 1.46. The largest absolute Gasteiger partial charge is 0.383 e. The maximum atomic E-state index is 15.0. The van der Waals surface area contributed by atoms with E-state index in [1.165, 1.54) is 18.1 Å². The summed E-state index contributed by atoms with van der Waals surface area (Å²) in [6.45, 7) is 2.14. The molecule has 1 saturated heterocycles. The van der Waals surface area contributed by atoms with Crippen molar-refractivity contribution < 1.29 is 18.3 Å². The number of piperidine rings is 1. The van der Waals surface area contributed by atoms with Gasteiger partial charge in [0.2, 0.25) is 11.9 Å². The Kier molecular flexibility index (Phi) is 5.35. The number of anilines is 3. The molecule has 0 saturated carbocycles. The molecule has 5 rings (SSSR count). The predicted octanol–water partition coefficient (Wildman–Crippen LogP) is 1.96. The quantitative estimate of drug-likeness (QED) is 0.753. The van der Waals surface area contributed by atoms with Crippen molar-refractivity contribution in [3.05, 3.63) is 45.2 Å². The zero-order valence-corrected chi connectivity index (χ0v) is 18.8. The number of halogens is 2. The molecule has 1 amide bonds. The normalized spacial score (nSPS) is 19.3. The molecule has 2 aromatic rings. The molecule has 0 aliphatic carbocycles. The van der Waals surface area contributed by atoms with Crippen LogP contribution < -0.4 is 20.3 Å². The van der Waals surface area contributed by atoms with Crippen LogP contribution in [0.15, 0.2) is 16.9 Å². The number of carbonyl (C=O) groups excluding carboxylic acids is 1. The summed E-state index contributed by atoms with van der Waals surface area (Å²) in [4.78, 5) is 39.1. The number of amides is 1. The first-order chi connectivity index (χ1) is 15.9. The number of hydrogen-bond donors (Lipinski definition) is 1. The van der Waals surface area contributed by atoms with E-state index in [0.29, 0.717) is 49.7 Å². The van der Waals surface area contributed by atoms with Crippen molar-refractivity contribution in [3.63, 3.8) is 0 Å². The highest BCUT2D eigenvalue weighted by Crippen LogP contribution is 2.49. The third-order valence-corrected chi connectivity index (χ3v) is 7.16. The van der Waals surface area contributed by atoms with Crippen LogP contribution in [-0.2, 0) is 21.4 Å². The number of carbonyl (C=O) groups is 1. The maximum absolute atomic E-state index is 15.0. The summed E-state index contributed by atoms with van der Waals surface area (Å²) in [6, 6.07) is 2.07. The van der Waals surface area contributed by atoms with Crippen LogP contribution in [0.3, 0.4) is 0 Å². The zero-order chi connectivity index (χ0) is 23.3. The number of rotatable bonds is 4. The smallest absolute Gasteiger partial charge is 0.257 e. The number of hydrogen-bond acceptors (Lipinski definition) is 6. The fourth-order valence-corrected chi connectivity index (χ4v) is 5.45. The van der Waals surface area contributed by atoms with Crippen molar-refractivity contribution in [2.45, 2.75) is 31.1 Å². The van der Waals surface area contributed by atoms with E-state index in [9.17, 15) is 14.0 Å². The Morgan fingerprint density at radius 1 is 1.18 bits per heavy atom. The van der Waals surface area contributed by atoms with Crippen LogP contribution in [0.1, 0.15) is 30.4 Å². The van der Waals surface area contributed by atoms with E-state index in [0.717, 1.165) is 19.0 Å². The fraction of sp³-hybridized carbons (Fsp3) is 0.522. The van der Waals surface area contributed by atoms with Gasteiger partial charge in [-0.1, -0.05) is 0 Å². The summed E-state index contributed by atoms with van der Waals surface area (Å²) in [5, 5.41) is 0. The molecule has 0 radical (unpaired) electrons. The average molecular weight is 459 g/mol. The van der Waals surface area contributed by atoms with Gasteiger partial charge in [-0.3, -0.25) is 14.6 Å². The van der Waals surface area contributed by atoms with Gasteiger partial charge in [0.15, 0.2) is 0 Å². The number of H-pyrrole nitrogens is 1. The van der Waals surface area contributed by atoms with Crippen LogP contribution in [0, 0.1) is 11.6 Å². The van der Waals surface area contributed by atoms with Crippen molar-refractivity contribution >= 4 is 23.4 Å². The van der Waals surface area contributed by atoms with E-state index in [1.807, 2.05) is 16.8 Å². The second kappa shape index (κ2) is 8.09. The third kappa shape index (κ3) is 3.38. The monoisotopic (exact) mass is 459 g/mol. The second-order valence-corrected chi connectivity index (χ2v) is 9.02. The molecule has 8 nitrogen and oxygen atoms in total. The molecule has 33 heavy (non-hydrogen) atoms. The lowest BCUT2D eigenvalue weighted by Crippen LogP contribution is -2.50. The molecule has 0 bridgehead atoms. The lowest BCUT2D eigenvalue weighted by atomic mass is 9.73. The number of ether oxygens (including phenoxy) is 1. The van der Waals surface area contributed by atoms with Gasteiger partial charge in [-0.15, -0.1) is 0 Å². The maximum Gasteiger partial charge on any atom is 0.257 e. The number of aromatic amines is 1. The van der Waals surface area contributed by atoms with Gasteiger partial charge in [-0.25, -0.2) is 8.78 Å². The van der Waals surface area contributed by atoms with E-state index in [2.05, 4.69) is 4.98 Å². The minimum absolute atomic E-state index is 0.142. The number of aromatic nitrogens is 2. The van der Waals surface area contributed by atoms with Crippen molar-refractivity contribution in [3.8, 4) is 0 Å². The van der Waals surface area contributed by atoms with Gasteiger partial charge in [0, 0.05) is 52.0 Å². The Labute approximate surface area is 190 Å². The highest BCUT2D eigenvalue weighted by molar-refractivity contribution is 6.08. The van der Waals surface area contributed by atoms with Crippen molar-refractivity contribution in [2.75, 3.05) is 61.6 Å². The van der Waals surface area contributed by atoms with Crippen LogP contribution in [0.25, 0.3) is 0 Å². The molecular formula is C23H27F2N5O3. The summed E-state index contributed by atoms with van der Waals surface area (Å²) in [7, 11) is 3.44. The van der Waals surface area contributed by atoms with Crippen LogP contribution in [-0.4, -0.2) is 62.8 Å². The molecule has 1 spiro atoms. The van der Waals surface area contributed by atoms with E-state index in [4.69, 9.17) is 9.72 Å². The minimum Gasteiger partial charge on any atom is -0.383 e. The summed E-state index contributed by atoms with van der Waals surface area (Å²) in [6.07, 6.45) is 2.28. The fourth-order valence-electron chi connectivity index (χ4n) is 5.45. The number of nitrogens with zero attached hydrogens (tertiary/aromatic N) is 4. The van der Waals surface area contributed by atoms with Gasteiger partial charge in [-0.05, 0) is 31.7 Å². The molecule has 4 heterocycles.